The van der Waals surface area contributed by atoms with Gasteiger partial charge in [0, 0.05) is 17.5 Å². The molecule has 0 unspecified atom stereocenters. The van der Waals surface area contributed by atoms with Crippen molar-refractivity contribution in [2.75, 3.05) is 26.4 Å². The molecule has 6 rings (SSSR count). The fraction of sp³-hybridized carbons (Fsp3) is 0.700. The average molecular weight is 705 g/mol. The summed E-state index contributed by atoms with van der Waals surface area (Å²) in [5, 5.41) is 94.3. The molecule has 0 spiro atoms. The van der Waals surface area contributed by atoms with Gasteiger partial charge in [-0.05, 0) is 24.6 Å². The fourth-order valence-electron chi connectivity index (χ4n) is 5.93. The molecule has 16 atom stereocenters. The van der Waals surface area contributed by atoms with Crippen LogP contribution in [0.15, 0.2) is 33.5 Å². The van der Waals surface area contributed by atoms with Gasteiger partial charge in [-0.3, -0.25) is 0 Å². The Bertz CT molecular complexity index is 1470. The van der Waals surface area contributed by atoms with Crippen LogP contribution in [-0.2, 0) is 33.2 Å². The van der Waals surface area contributed by atoms with E-state index in [1.807, 2.05) is 0 Å². The summed E-state index contributed by atoms with van der Waals surface area (Å²) in [6.45, 7) is 0.308. The van der Waals surface area contributed by atoms with E-state index in [0.29, 0.717) is 10.9 Å². The number of hydrogen-bond donors (Lipinski definition) is 9. The second-order valence-corrected chi connectivity index (χ2v) is 12.3. The highest BCUT2D eigenvalue weighted by atomic mass is 16.8. The largest absolute Gasteiger partial charge is 0.462 e. The molecule has 0 aliphatic carbocycles. The minimum Gasteiger partial charge on any atom is -0.462 e. The third kappa shape index (κ3) is 7.62. The van der Waals surface area contributed by atoms with Crippen LogP contribution in [0.4, 0.5) is 0 Å². The van der Waals surface area contributed by atoms with Crippen molar-refractivity contribution in [3.05, 3.63) is 40.2 Å². The van der Waals surface area contributed by atoms with Crippen LogP contribution in [0.25, 0.3) is 11.0 Å². The summed E-state index contributed by atoms with van der Waals surface area (Å²) < 4.78 is 49.2. The van der Waals surface area contributed by atoms with Crippen molar-refractivity contribution in [3.63, 3.8) is 0 Å². The lowest BCUT2D eigenvalue weighted by Crippen LogP contribution is -2.62. The summed E-state index contributed by atoms with van der Waals surface area (Å²) in [5.41, 5.74) is 0.415. The first kappa shape index (κ1) is 36.4. The molecule has 19 nitrogen and oxygen atoms in total. The lowest BCUT2D eigenvalue weighted by Gasteiger charge is -2.44. The van der Waals surface area contributed by atoms with E-state index in [0.717, 1.165) is 0 Å². The summed E-state index contributed by atoms with van der Waals surface area (Å²) in [7, 11) is 0. The van der Waals surface area contributed by atoms with Crippen LogP contribution in [0.3, 0.4) is 0 Å². The minimum atomic E-state index is -1.75. The Hall–Kier alpha value is -2.41. The SMILES string of the molecule is Cc1cc(=O)oc2cc(O[C@@H]3OC[C@@H](O[C@@H]4OC[C@@H](O[C@@H]5OC[C@@H](O[C@@H]6OC[C@@H](O)[C@H](O)[C@H]6O)[C@H](O)[C@H]5O)[C@H](O)[C@H]4O)[C@H](O)[C@H]3O)ccc12. The number of benzene rings is 1. The first-order chi connectivity index (χ1) is 23.3. The number of fused-ring (bicyclic) bond motifs is 1. The standard InChI is InChI=1S/C30H40O19/c1-10-4-18(32)46-14-5-11(2-3-12(10)14)45-27-24(38)20(34)15(7-42-27)48-29-26(40)22(36)17(9-44-29)49-30-25(39)21(35)16(8-43-30)47-28-23(37)19(33)13(31)6-41-28/h2-5,13,15-17,19-31,33-40H,6-9H2,1H3/t13-,15-,16-,17-,19+,20+,21+,22+,23-,24-,25-,26-,27+,28+,29+,30+/m1/s1. The van der Waals surface area contributed by atoms with Crippen LogP contribution >= 0.6 is 0 Å². The minimum absolute atomic E-state index is 0.192. The predicted octanol–water partition coefficient (Wildman–Crippen LogP) is -4.69. The van der Waals surface area contributed by atoms with Crippen molar-refractivity contribution in [2.45, 2.75) is 105 Å². The van der Waals surface area contributed by atoms with E-state index in [-0.39, 0.29) is 31.2 Å². The number of aliphatic hydroxyl groups excluding tert-OH is 9. The molecule has 49 heavy (non-hydrogen) atoms. The van der Waals surface area contributed by atoms with Gasteiger partial charge in [0.2, 0.25) is 6.29 Å². The van der Waals surface area contributed by atoms with Crippen molar-refractivity contribution in [2.24, 2.45) is 0 Å². The van der Waals surface area contributed by atoms with Gasteiger partial charge in [-0.25, -0.2) is 4.79 Å². The van der Waals surface area contributed by atoms with Crippen molar-refractivity contribution >= 4 is 11.0 Å². The molecule has 19 heteroatoms. The Morgan fingerprint density at radius 2 is 1.02 bits per heavy atom. The highest BCUT2D eigenvalue weighted by Gasteiger charge is 2.49. The molecule has 0 radical (unpaired) electrons. The van der Waals surface area contributed by atoms with E-state index in [2.05, 4.69) is 0 Å². The van der Waals surface area contributed by atoms with Crippen molar-refractivity contribution in [1.29, 1.82) is 0 Å². The van der Waals surface area contributed by atoms with E-state index in [4.69, 9.17) is 42.3 Å². The van der Waals surface area contributed by atoms with Gasteiger partial charge in [0.1, 0.15) is 84.6 Å². The summed E-state index contributed by atoms with van der Waals surface area (Å²) in [6.07, 6.45) is -24.1. The van der Waals surface area contributed by atoms with Crippen molar-refractivity contribution in [3.8, 4) is 5.75 Å². The third-order valence-corrected chi connectivity index (χ3v) is 8.86. The number of ether oxygens (including phenoxy) is 8. The molecule has 4 aliphatic rings. The molecule has 4 fully saturated rings. The fourth-order valence-corrected chi connectivity index (χ4v) is 5.93. The Kier molecular flexibility index (Phi) is 11.2. The maximum absolute atomic E-state index is 11.7. The van der Waals surface area contributed by atoms with Crippen LogP contribution < -0.4 is 10.4 Å². The van der Waals surface area contributed by atoms with E-state index in [1.54, 1.807) is 19.1 Å². The highest BCUT2D eigenvalue weighted by molar-refractivity contribution is 5.81. The second kappa shape index (κ2) is 15.1. The summed E-state index contributed by atoms with van der Waals surface area (Å²) in [6, 6.07) is 6.04. The molecule has 274 valence electrons. The van der Waals surface area contributed by atoms with Crippen LogP contribution in [0, 0.1) is 6.92 Å². The van der Waals surface area contributed by atoms with Crippen molar-refractivity contribution < 1.29 is 88.3 Å². The van der Waals surface area contributed by atoms with Gasteiger partial charge in [-0.2, -0.15) is 0 Å². The Labute approximate surface area is 277 Å². The zero-order chi connectivity index (χ0) is 35.1. The molecule has 0 saturated carbocycles. The smallest absolute Gasteiger partial charge is 0.336 e. The van der Waals surface area contributed by atoms with E-state index in [1.165, 1.54) is 12.1 Å². The Balaban J connectivity index is 0.983. The topological polar surface area (TPSA) is 286 Å². The number of rotatable bonds is 8. The molecule has 9 N–H and O–H groups in total. The first-order valence-corrected chi connectivity index (χ1v) is 15.6. The second-order valence-electron chi connectivity index (χ2n) is 12.3. The normalized spacial score (nSPS) is 43.4. The van der Waals surface area contributed by atoms with Gasteiger partial charge in [0.05, 0.1) is 26.4 Å². The van der Waals surface area contributed by atoms with Crippen LogP contribution in [0.1, 0.15) is 5.56 Å². The molecule has 1 aromatic heterocycles. The Morgan fingerprint density at radius 3 is 1.55 bits per heavy atom. The number of aliphatic hydroxyl groups is 9. The van der Waals surface area contributed by atoms with E-state index in [9.17, 15) is 50.8 Å². The maximum Gasteiger partial charge on any atom is 0.336 e. The lowest BCUT2D eigenvalue weighted by molar-refractivity contribution is -0.356. The molecular weight excluding hydrogens is 664 g/mol. The average Bonchev–Trinajstić information content (AvgIpc) is 3.07. The van der Waals surface area contributed by atoms with Crippen molar-refractivity contribution in [1.82, 2.24) is 0 Å². The molecular formula is C30H40O19. The zero-order valence-electron chi connectivity index (χ0n) is 26.0. The summed E-state index contributed by atoms with van der Waals surface area (Å²) in [4.78, 5) is 11.7. The third-order valence-electron chi connectivity index (χ3n) is 8.86. The van der Waals surface area contributed by atoms with Gasteiger partial charge in [0.25, 0.3) is 0 Å². The number of aryl methyl sites for hydroxylation is 1. The predicted molar refractivity (Wildman–Crippen MR) is 155 cm³/mol. The molecule has 4 aliphatic heterocycles. The van der Waals surface area contributed by atoms with Gasteiger partial charge >= 0.3 is 5.63 Å². The molecule has 5 heterocycles. The van der Waals surface area contributed by atoms with Gasteiger partial charge < -0.3 is 88.3 Å². The summed E-state index contributed by atoms with van der Waals surface area (Å²) >= 11 is 0. The van der Waals surface area contributed by atoms with Gasteiger partial charge in [-0.1, -0.05) is 0 Å². The van der Waals surface area contributed by atoms with Gasteiger partial charge in [0.15, 0.2) is 18.9 Å². The van der Waals surface area contributed by atoms with Crippen LogP contribution in [0.5, 0.6) is 5.75 Å². The van der Waals surface area contributed by atoms with Crippen LogP contribution in [-0.4, -0.2) is 171 Å². The number of hydrogen-bond acceptors (Lipinski definition) is 19. The molecule has 0 amide bonds. The molecule has 2 aromatic rings. The lowest BCUT2D eigenvalue weighted by atomic mass is 10.0. The molecule has 4 saturated heterocycles. The maximum atomic E-state index is 11.7. The zero-order valence-corrected chi connectivity index (χ0v) is 26.0. The van der Waals surface area contributed by atoms with E-state index < -0.39 is 111 Å². The van der Waals surface area contributed by atoms with Crippen LogP contribution in [0.2, 0.25) is 0 Å². The Morgan fingerprint density at radius 1 is 0.571 bits per heavy atom. The highest BCUT2D eigenvalue weighted by Crippen LogP contribution is 2.30. The first-order valence-electron chi connectivity index (χ1n) is 15.6. The van der Waals surface area contributed by atoms with E-state index >= 15 is 0 Å². The quantitative estimate of drug-likeness (QED) is 0.117. The molecule has 1 aromatic carbocycles. The monoisotopic (exact) mass is 704 g/mol. The van der Waals surface area contributed by atoms with Gasteiger partial charge in [-0.15, -0.1) is 0 Å². The summed E-state index contributed by atoms with van der Waals surface area (Å²) in [5.74, 6) is 0.192. The molecule has 0 bridgehead atoms.